The number of halogens is 2. The molecule has 6 heteroatoms. The van der Waals surface area contributed by atoms with Gasteiger partial charge in [-0.2, -0.15) is 0 Å². The number of rotatable bonds is 9. The number of carbonyl (C=O) groups is 1. The molecule has 1 aromatic carbocycles. The van der Waals surface area contributed by atoms with E-state index in [1.54, 1.807) is 0 Å². The van der Waals surface area contributed by atoms with E-state index in [-0.39, 0.29) is 30.7 Å². The molecule has 0 heterocycles. The van der Waals surface area contributed by atoms with E-state index in [0.717, 1.165) is 18.6 Å². The average Bonchev–Trinajstić information content (AvgIpc) is 2.44. The van der Waals surface area contributed by atoms with E-state index >= 15 is 0 Å². The molecule has 0 saturated heterocycles. The molecule has 0 fully saturated rings. The molecule has 0 aromatic heterocycles. The molecule has 124 valence electrons. The van der Waals surface area contributed by atoms with Gasteiger partial charge in [0, 0.05) is 25.1 Å². The Kier molecular flexibility index (Phi) is 7.80. The van der Waals surface area contributed by atoms with Crippen molar-refractivity contribution in [2.75, 3.05) is 13.2 Å². The highest BCUT2D eigenvalue weighted by Gasteiger charge is 2.12. The number of amides is 1. The minimum Gasteiger partial charge on any atom is -0.491 e. The van der Waals surface area contributed by atoms with Crippen molar-refractivity contribution in [3.63, 3.8) is 0 Å². The zero-order valence-corrected chi connectivity index (χ0v) is 13.1. The Hall–Kier alpha value is -1.69. The van der Waals surface area contributed by atoms with Crippen molar-refractivity contribution in [3.8, 4) is 5.75 Å². The van der Waals surface area contributed by atoms with E-state index in [4.69, 9.17) is 10.5 Å². The summed E-state index contributed by atoms with van der Waals surface area (Å²) in [6, 6.07) is 3.10. The monoisotopic (exact) mass is 314 g/mol. The van der Waals surface area contributed by atoms with Crippen LogP contribution in [0.5, 0.6) is 5.75 Å². The number of benzene rings is 1. The number of hydrogen-bond donors (Lipinski definition) is 2. The van der Waals surface area contributed by atoms with E-state index in [2.05, 4.69) is 19.2 Å². The summed E-state index contributed by atoms with van der Waals surface area (Å²) in [5.74, 6) is -1.05. The lowest BCUT2D eigenvalue weighted by Gasteiger charge is -2.18. The van der Waals surface area contributed by atoms with Crippen LogP contribution < -0.4 is 15.8 Å². The standard InChI is InChI=1S/C16H24F2N2O2/c1-11(2)8-13(10-19)20-16(21)4-3-7-22-15-6-5-12(17)9-14(15)18/h5-6,9,11,13H,3-4,7-8,10,19H2,1-2H3,(H,20,21). The molecule has 1 unspecified atom stereocenters. The molecule has 0 saturated carbocycles. The third-order valence-corrected chi connectivity index (χ3v) is 3.11. The van der Waals surface area contributed by atoms with Crippen LogP contribution in [0, 0.1) is 17.6 Å². The Bertz CT molecular complexity index is 481. The highest BCUT2D eigenvalue weighted by Crippen LogP contribution is 2.17. The average molecular weight is 314 g/mol. The molecule has 22 heavy (non-hydrogen) atoms. The van der Waals surface area contributed by atoms with Gasteiger partial charge in [-0.3, -0.25) is 4.79 Å². The van der Waals surface area contributed by atoms with Gasteiger partial charge in [-0.05, 0) is 30.9 Å². The summed E-state index contributed by atoms with van der Waals surface area (Å²) in [7, 11) is 0. The van der Waals surface area contributed by atoms with E-state index in [1.807, 2.05) is 0 Å². The number of ether oxygens (including phenoxy) is 1. The minimum atomic E-state index is -0.746. The molecule has 0 aliphatic carbocycles. The SMILES string of the molecule is CC(C)CC(CN)NC(=O)CCCOc1ccc(F)cc1F. The van der Waals surface area contributed by atoms with Gasteiger partial charge in [-0.25, -0.2) is 8.78 Å². The second-order valence-corrected chi connectivity index (χ2v) is 5.66. The summed E-state index contributed by atoms with van der Waals surface area (Å²) in [6.45, 7) is 4.73. The molecule has 0 aliphatic heterocycles. The fourth-order valence-corrected chi connectivity index (χ4v) is 2.09. The fraction of sp³-hybridized carbons (Fsp3) is 0.562. The van der Waals surface area contributed by atoms with Crippen LogP contribution in [-0.2, 0) is 4.79 Å². The summed E-state index contributed by atoms with van der Waals surface area (Å²) in [5.41, 5.74) is 5.62. The highest BCUT2D eigenvalue weighted by molar-refractivity contribution is 5.76. The van der Waals surface area contributed by atoms with Gasteiger partial charge in [0.1, 0.15) is 5.82 Å². The number of hydrogen-bond acceptors (Lipinski definition) is 3. The Labute approximate surface area is 130 Å². The van der Waals surface area contributed by atoms with Gasteiger partial charge in [0.2, 0.25) is 5.91 Å². The van der Waals surface area contributed by atoms with E-state index in [0.29, 0.717) is 18.9 Å². The molecular weight excluding hydrogens is 290 g/mol. The maximum Gasteiger partial charge on any atom is 0.220 e. The van der Waals surface area contributed by atoms with E-state index < -0.39 is 11.6 Å². The molecule has 0 spiro atoms. The van der Waals surface area contributed by atoms with Crippen LogP contribution in [0.1, 0.15) is 33.1 Å². The quantitative estimate of drug-likeness (QED) is 0.689. The topological polar surface area (TPSA) is 64.3 Å². The molecule has 0 aliphatic rings. The first-order valence-corrected chi connectivity index (χ1v) is 7.49. The van der Waals surface area contributed by atoms with Crippen molar-refractivity contribution >= 4 is 5.91 Å². The van der Waals surface area contributed by atoms with Crippen LogP contribution >= 0.6 is 0 Å². The number of nitrogens with two attached hydrogens (primary N) is 1. The molecular formula is C16H24F2N2O2. The smallest absolute Gasteiger partial charge is 0.220 e. The molecule has 0 radical (unpaired) electrons. The predicted molar refractivity (Wildman–Crippen MR) is 81.5 cm³/mol. The van der Waals surface area contributed by atoms with Gasteiger partial charge in [0.15, 0.2) is 11.6 Å². The summed E-state index contributed by atoms with van der Waals surface area (Å²) in [4.78, 5) is 11.8. The predicted octanol–water partition coefficient (Wildman–Crippen LogP) is 2.61. The molecule has 1 amide bonds. The van der Waals surface area contributed by atoms with Crippen molar-refractivity contribution in [2.24, 2.45) is 11.7 Å². The summed E-state index contributed by atoms with van der Waals surface area (Å²) < 4.78 is 31.2. The maximum atomic E-state index is 13.3. The zero-order chi connectivity index (χ0) is 16.5. The normalized spacial score (nSPS) is 12.3. The Morgan fingerprint density at radius 2 is 2.09 bits per heavy atom. The maximum absolute atomic E-state index is 13.3. The van der Waals surface area contributed by atoms with Gasteiger partial charge in [0.25, 0.3) is 0 Å². The first-order chi connectivity index (χ1) is 10.4. The van der Waals surface area contributed by atoms with Crippen LogP contribution in [-0.4, -0.2) is 25.1 Å². The van der Waals surface area contributed by atoms with Crippen LogP contribution in [0.2, 0.25) is 0 Å². The third-order valence-electron chi connectivity index (χ3n) is 3.11. The first kappa shape index (κ1) is 18.4. The second-order valence-electron chi connectivity index (χ2n) is 5.66. The van der Waals surface area contributed by atoms with Crippen molar-refractivity contribution in [3.05, 3.63) is 29.8 Å². The second kappa shape index (κ2) is 9.35. The largest absolute Gasteiger partial charge is 0.491 e. The number of carbonyl (C=O) groups excluding carboxylic acids is 1. The van der Waals surface area contributed by atoms with Gasteiger partial charge in [-0.15, -0.1) is 0 Å². The molecule has 0 bridgehead atoms. The van der Waals surface area contributed by atoms with Crippen molar-refractivity contribution in [1.82, 2.24) is 5.32 Å². The highest BCUT2D eigenvalue weighted by atomic mass is 19.1. The van der Waals surface area contributed by atoms with E-state index in [9.17, 15) is 13.6 Å². The Morgan fingerprint density at radius 1 is 1.36 bits per heavy atom. The molecule has 1 aromatic rings. The van der Waals surface area contributed by atoms with Gasteiger partial charge >= 0.3 is 0 Å². The van der Waals surface area contributed by atoms with Crippen molar-refractivity contribution in [1.29, 1.82) is 0 Å². The van der Waals surface area contributed by atoms with Gasteiger partial charge in [0.05, 0.1) is 6.61 Å². The number of nitrogens with one attached hydrogen (secondary N) is 1. The van der Waals surface area contributed by atoms with Crippen molar-refractivity contribution < 1.29 is 18.3 Å². The summed E-state index contributed by atoms with van der Waals surface area (Å²) in [5, 5.41) is 2.87. The fourth-order valence-electron chi connectivity index (χ4n) is 2.09. The minimum absolute atomic E-state index is 0.0125. The van der Waals surface area contributed by atoms with Gasteiger partial charge in [-0.1, -0.05) is 13.8 Å². The van der Waals surface area contributed by atoms with Crippen LogP contribution in [0.4, 0.5) is 8.78 Å². The molecule has 1 rings (SSSR count). The lowest BCUT2D eigenvalue weighted by molar-refractivity contribution is -0.122. The van der Waals surface area contributed by atoms with Crippen LogP contribution in [0.3, 0.4) is 0 Å². The van der Waals surface area contributed by atoms with Crippen LogP contribution in [0.15, 0.2) is 18.2 Å². The lowest BCUT2D eigenvalue weighted by atomic mass is 10.0. The van der Waals surface area contributed by atoms with E-state index in [1.165, 1.54) is 6.07 Å². The summed E-state index contributed by atoms with van der Waals surface area (Å²) in [6.07, 6.45) is 1.55. The Balaban J connectivity index is 2.27. The molecule has 1 atom stereocenters. The third kappa shape index (κ3) is 6.85. The summed E-state index contributed by atoms with van der Waals surface area (Å²) >= 11 is 0. The molecule has 4 nitrogen and oxygen atoms in total. The lowest BCUT2D eigenvalue weighted by Crippen LogP contribution is -2.41. The molecule has 3 N–H and O–H groups in total. The Morgan fingerprint density at radius 3 is 2.68 bits per heavy atom. The van der Waals surface area contributed by atoms with Crippen LogP contribution in [0.25, 0.3) is 0 Å². The van der Waals surface area contributed by atoms with Gasteiger partial charge < -0.3 is 15.8 Å². The first-order valence-electron chi connectivity index (χ1n) is 7.49. The van der Waals surface area contributed by atoms with Crippen molar-refractivity contribution in [2.45, 2.75) is 39.2 Å². The zero-order valence-electron chi connectivity index (χ0n) is 13.1.